The predicted octanol–water partition coefficient (Wildman–Crippen LogP) is 4.23. The Bertz CT molecular complexity index is 954. The highest BCUT2D eigenvalue weighted by molar-refractivity contribution is 5.96. The van der Waals surface area contributed by atoms with Gasteiger partial charge in [0.15, 0.2) is 5.82 Å². The van der Waals surface area contributed by atoms with E-state index >= 15 is 0 Å². The lowest BCUT2D eigenvalue weighted by Gasteiger charge is -2.25. The first-order valence-corrected chi connectivity index (χ1v) is 8.87. The van der Waals surface area contributed by atoms with Crippen LogP contribution in [0.1, 0.15) is 46.0 Å². The van der Waals surface area contributed by atoms with Crippen LogP contribution in [0.25, 0.3) is 5.82 Å². The minimum Gasteiger partial charge on any atom is -0.497 e. The normalized spacial score (nSPS) is 12.1. The molecule has 142 valence electrons. The van der Waals surface area contributed by atoms with Crippen molar-refractivity contribution in [3.63, 3.8) is 0 Å². The van der Waals surface area contributed by atoms with Crippen molar-refractivity contribution in [3.8, 4) is 11.6 Å². The third-order valence-electron chi connectivity index (χ3n) is 5.01. The van der Waals surface area contributed by atoms with Crippen LogP contribution in [0.3, 0.4) is 0 Å². The molecule has 0 spiro atoms. The van der Waals surface area contributed by atoms with Crippen LogP contribution < -0.4 is 4.74 Å². The topological polar surface area (TPSA) is 60.5 Å². The number of nitrogens with zero attached hydrogens (tertiary/aromatic N) is 3. The van der Waals surface area contributed by atoms with Gasteiger partial charge in [-0.3, -0.25) is 9.36 Å². The molecule has 2 aromatic heterocycles. The lowest BCUT2D eigenvalue weighted by atomic mass is 10.1. The summed E-state index contributed by atoms with van der Waals surface area (Å²) in [6.07, 6.45) is 0. The third kappa shape index (κ3) is 3.47. The van der Waals surface area contributed by atoms with Crippen molar-refractivity contribution in [1.29, 1.82) is 0 Å². The second-order valence-electron chi connectivity index (χ2n) is 6.78. The third-order valence-corrected chi connectivity index (χ3v) is 5.01. The Kier molecular flexibility index (Phi) is 5.08. The summed E-state index contributed by atoms with van der Waals surface area (Å²) in [4.78, 5) is 14.9. The largest absolute Gasteiger partial charge is 0.497 e. The number of aromatic nitrogens is 2. The van der Waals surface area contributed by atoms with Gasteiger partial charge in [-0.05, 0) is 51.5 Å². The maximum Gasteiger partial charge on any atom is 0.255 e. The average Bonchev–Trinajstić information content (AvgIpc) is 3.22. The molecule has 0 saturated carbocycles. The molecular formula is C21H25N3O3. The maximum absolute atomic E-state index is 13.1. The molecular weight excluding hydrogens is 342 g/mol. The van der Waals surface area contributed by atoms with Crippen molar-refractivity contribution >= 4 is 5.91 Å². The first-order chi connectivity index (χ1) is 12.8. The summed E-state index contributed by atoms with van der Waals surface area (Å²) in [5, 5.41) is 4.08. The molecule has 0 fully saturated rings. The summed E-state index contributed by atoms with van der Waals surface area (Å²) in [5.41, 5.74) is 3.50. The van der Waals surface area contributed by atoms with Gasteiger partial charge in [-0.25, -0.2) is 0 Å². The lowest BCUT2D eigenvalue weighted by molar-refractivity contribution is 0.0742. The summed E-state index contributed by atoms with van der Waals surface area (Å²) >= 11 is 0. The molecule has 0 bridgehead atoms. The van der Waals surface area contributed by atoms with E-state index in [4.69, 9.17) is 9.26 Å². The van der Waals surface area contributed by atoms with Crippen molar-refractivity contribution < 1.29 is 14.1 Å². The molecule has 1 atom stereocenters. The SMILES string of the molecule is COc1ccc(C(C)N(C)C(=O)c2cc(C)n(-c3cc(C)on3)c2C)cc1. The number of aryl methyl sites for hydroxylation is 2. The van der Waals surface area contributed by atoms with Crippen molar-refractivity contribution in [2.24, 2.45) is 0 Å². The molecule has 0 radical (unpaired) electrons. The smallest absolute Gasteiger partial charge is 0.255 e. The summed E-state index contributed by atoms with van der Waals surface area (Å²) < 4.78 is 12.3. The second-order valence-corrected chi connectivity index (χ2v) is 6.78. The number of carbonyl (C=O) groups excluding carboxylic acids is 1. The molecule has 27 heavy (non-hydrogen) atoms. The number of ether oxygens (including phenoxy) is 1. The van der Waals surface area contributed by atoms with E-state index in [2.05, 4.69) is 5.16 Å². The number of benzene rings is 1. The van der Waals surface area contributed by atoms with E-state index in [0.717, 1.165) is 28.5 Å². The molecule has 3 rings (SSSR count). The minimum absolute atomic E-state index is 0.0297. The molecule has 2 heterocycles. The van der Waals surface area contributed by atoms with Gasteiger partial charge in [0.25, 0.3) is 5.91 Å². The highest BCUT2D eigenvalue weighted by atomic mass is 16.5. The fourth-order valence-corrected chi connectivity index (χ4v) is 3.26. The molecule has 0 aliphatic rings. The summed E-state index contributed by atoms with van der Waals surface area (Å²) in [6, 6.07) is 11.5. The van der Waals surface area contributed by atoms with Crippen molar-refractivity contribution in [1.82, 2.24) is 14.6 Å². The van der Waals surface area contributed by atoms with Gasteiger partial charge in [0.1, 0.15) is 11.5 Å². The van der Waals surface area contributed by atoms with Gasteiger partial charge in [-0.15, -0.1) is 0 Å². The Balaban J connectivity index is 1.88. The Hall–Kier alpha value is -3.02. The van der Waals surface area contributed by atoms with Gasteiger partial charge < -0.3 is 14.2 Å². The van der Waals surface area contributed by atoms with E-state index in [1.807, 2.05) is 75.7 Å². The Morgan fingerprint density at radius 2 is 1.85 bits per heavy atom. The van der Waals surface area contributed by atoms with Crippen LogP contribution in [0.4, 0.5) is 0 Å². The van der Waals surface area contributed by atoms with E-state index < -0.39 is 0 Å². The monoisotopic (exact) mass is 367 g/mol. The summed E-state index contributed by atoms with van der Waals surface area (Å²) in [6.45, 7) is 7.75. The maximum atomic E-state index is 13.1. The van der Waals surface area contributed by atoms with Crippen LogP contribution >= 0.6 is 0 Å². The van der Waals surface area contributed by atoms with Gasteiger partial charge in [0.05, 0.1) is 18.7 Å². The van der Waals surface area contributed by atoms with Gasteiger partial charge in [0, 0.05) is 24.5 Å². The first kappa shape index (κ1) is 18.8. The van der Waals surface area contributed by atoms with Crippen LogP contribution in [0.2, 0.25) is 0 Å². The zero-order valence-electron chi connectivity index (χ0n) is 16.6. The number of rotatable bonds is 5. The molecule has 6 nitrogen and oxygen atoms in total. The van der Waals surface area contributed by atoms with E-state index in [1.165, 1.54) is 0 Å². The Morgan fingerprint density at radius 3 is 2.41 bits per heavy atom. The fraction of sp³-hybridized carbons (Fsp3) is 0.333. The first-order valence-electron chi connectivity index (χ1n) is 8.87. The van der Waals surface area contributed by atoms with Crippen molar-refractivity contribution in [2.75, 3.05) is 14.2 Å². The molecule has 0 N–H and O–H groups in total. The molecule has 0 aliphatic heterocycles. The minimum atomic E-state index is -0.0687. The molecule has 6 heteroatoms. The van der Waals surface area contributed by atoms with Gasteiger partial charge in [-0.1, -0.05) is 17.3 Å². The highest BCUT2D eigenvalue weighted by Gasteiger charge is 2.24. The Morgan fingerprint density at radius 1 is 1.19 bits per heavy atom. The van der Waals surface area contributed by atoms with Crippen LogP contribution in [-0.4, -0.2) is 34.7 Å². The number of carbonyl (C=O) groups is 1. The van der Waals surface area contributed by atoms with Crippen LogP contribution in [0, 0.1) is 20.8 Å². The summed E-state index contributed by atoms with van der Waals surface area (Å²) in [7, 11) is 3.46. The quantitative estimate of drug-likeness (QED) is 0.677. The van der Waals surface area contributed by atoms with E-state index in [1.54, 1.807) is 12.0 Å². The highest BCUT2D eigenvalue weighted by Crippen LogP contribution is 2.26. The van der Waals surface area contributed by atoms with Crippen molar-refractivity contribution in [3.05, 3.63) is 64.7 Å². The fourth-order valence-electron chi connectivity index (χ4n) is 3.26. The molecule has 0 saturated heterocycles. The second kappa shape index (κ2) is 7.31. The van der Waals surface area contributed by atoms with Crippen LogP contribution in [0.5, 0.6) is 5.75 Å². The van der Waals surface area contributed by atoms with Crippen LogP contribution in [-0.2, 0) is 0 Å². The predicted molar refractivity (Wildman–Crippen MR) is 104 cm³/mol. The number of methoxy groups -OCH3 is 1. The summed E-state index contributed by atoms with van der Waals surface area (Å²) in [5.74, 6) is 2.19. The van der Waals surface area contributed by atoms with E-state index in [9.17, 15) is 4.79 Å². The molecule has 3 aromatic rings. The molecule has 0 aliphatic carbocycles. The zero-order valence-corrected chi connectivity index (χ0v) is 16.6. The van der Waals surface area contributed by atoms with Gasteiger partial charge in [-0.2, -0.15) is 0 Å². The molecule has 1 unspecified atom stereocenters. The number of hydrogen-bond acceptors (Lipinski definition) is 4. The van der Waals surface area contributed by atoms with Gasteiger partial charge in [0.2, 0.25) is 0 Å². The molecule has 1 amide bonds. The lowest BCUT2D eigenvalue weighted by Crippen LogP contribution is -2.30. The molecule has 1 aromatic carbocycles. The van der Waals surface area contributed by atoms with Crippen LogP contribution in [0.15, 0.2) is 40.9 Å². The van der Waals surface area contributed by atoms with Crippen molar-refractivity contribution in [2.45, 2.75) is 33.7 Å². The number of amides is 1. The average molecular weight is 367 g/mol. The Labute approximate surface area is 159 Å². The van der Waals surface area contributed by atoms with E-state index in [-0.39, 0.29) is 11.9 Å². The van der Waals surface area contributed by atoms with Gasteiger partial charge >= 0.3 is 0 Å². The zero-order chi connectivity index (χ0) is 19.7. The van der Waals surface area contributed by atoms with E-state index in [0.29, 0.717) is 11.4 Å². The number of hydrogen-bond donors (Lipinski definition) is 0. The standard InChI is InChI=1S/C21H25N3O3/c1-13-11-19(16(4)24(13)20-12-14(2)27-22-20)21(25)23(5)15(3)17-7-9-18(26-6)10-8-17/h7-12,15H,1-6H3.